The molecule has 0 aliphatic rings. The molecule has 102 valence electrons. The molecule has 14 heteroatoms. The molecule has 0 fully saturated rings. The average molecular weight is 317 g/mol. The van der Waals surface area contributed by atoms with E-state index in [-0.39, 0.29) is 29.6 Å². The minimum Gasteiger partial charge on any atom is -0.533 e. The Morgan fingerprint density at radius 1 is 0.889 bits per heavy atom. The van der Waals surface area contributed by atoms with Crippen LogP contribution in [-0.2, 0) is 14.8 Å². The first-order valence-corrected chi connectivity index (χ1v) is 4.60. The number of alkyl halides is 8. The summed E-state index contributed by atoms with van der Waals surface area (Å²) in [5.41, 5.74) is -6.25. The molecule has 0 saturated carbocycles. The Morgan fingerprint density at radius 2 is 1.22 bits per heavy atom. The van der Waals surface area contributed by atoms with Crippen LogP contribution in [-0.4, -0.2) is 31.9 Å². The predicted octanol–water partition coefficient (Wildman–Crippen LogP) is -1.06. The molecule has 0 aromatic rings. The number of carbonyl (C=O) groups excluding carboxylic acids is 1. The van der Waals surface area contributed by atoms with Crippen LogP contribution in [0.1, 0.15) is 0 Å². The molecule has 0 aromatic carbocycles. The molecule has 1 amide bonds. The van der Waals surface area contributed by atoms with Crippen LogP contribution >= 0.6 is 0 Å². The summed E-state index contributed by atoms with van der Waals surface area (Å²) in [6, 6.07) is 0. The summed E-state index contributed by atoms with van der Waals surface area (Å²) in [4.78, 5) is 10.1. The van der Waals surface area contributed by atoms with Gasteiger partial charge in [0.2, 0.25) is 0 Å². The van der Waals surface area contributed by atoms with E-state index in [1.165, 1.54) is 0 Å². The zero-order chi connectivity index (χ0) is 14.3. The number of hydrogen-bond donors (Lipinski definition) is 0. The van der Waals surface area contributed by atoms with E-state index in [0.717, 1.165) is 4.72 Å². The van der Waals surface area contributed by atoms with Gasteiger partial charge in [-0.05, 0) is 0 Å². The van der Waals surface area contributed by atoms with Crippen molar-refractivity contribution in [3.05, 3.63) is 4.72 Å². The quantitative estimate of drug-likeness (QED) is 0.482. The van der Waals surface area contributed by atoms with Crippen LogP contribution < -0.4 is 29.6 Å². The molecule has 0 rings (SSSR count). The Labute approximate surface area is 116 Å². The van der Waals surface area contributed by atoms with E-state index in [0.29, 0.717) is 0 Å². The van der Waals surface area contributed by atoms with Crippen molar-refractivity contribution in [2.75, 3.05) is 0 Å². The SMILES string of the molecule is O=C([N-]S(=O)(=O)C(F)(F)F)C(F)(F)C(F)(F)F.[Na+]. The van der Waals surface area contributed by atoms with Crippen molar-refractivity contribution >= 4 is 15.9 Å². The molecule has 4 nitrogen and oxygen atoms in total. The van der Waals surface area contributed by atoms with Crippen molar-refractivity contribution in [2.45, 2.75) is 17.6 Å². The zero-order valence-electron chi connectivity index (χ0n) is 8.10. The number of hydrogen-bond acceptors (Lipinski definition) is 3. The number of rotatable bonds is 2. The largest absolute Gasteiger partial charge is 1.00 e. The molecule has 0 heterocycles. The van der Waals surface area contributed by atoms with E-state index in [1.807, 2.05) is 0 Å². The van der Waals surface area contributed by atoms with Crippen LogP contribution in [0.3, 0.4) is 0 Å². The zero-order valence-corrected chi connectivity index (χ0v) is 10.9. The molecule has 0 aliphatic heterocycles. The van der Waals surface area contributed by atoms with Gasteiger partial charge in [0, 0.05) is 0 Å². The minimum atomic E-state index is -6.74. The summed E-state index contributed by atoms with van der Waals surface area (Å²) in [6.07, 6.45) is -6.55. The number of halogens is 8. The van der Waals surface area contributed by atoms with E-state index in [9.17, 15) is 48.3 Å². The first-order chi connectivity index (χ1) is 7.13. The van der Waals surface area contributed by atoms with Crippen molar-refractivity contribution in [1.29, 1.82) is 0 Å². The monoisotopic (exact) mass is 317 g/mol. The van der Waals surface area contributed by atoms with Crippen LogP contribution in [0.4, 0.5) is 35.1 Å². The van der Waals surface area contributed by atoms with Crippen LogP contribution in [0.5, 0.6) is 0 Å². The first kappa shape index (κ1) is 20.2. The molecule has 18 heavy (non-hydrogen) atoms. The first-order valence-electron chi connectivity index (χ1n) is 3.16. The van der Waals surface area contributed by atoms with E-state index in [4.69, 9.17) is 0 Å². The molecule has 0 bridgehead atoms. The summed E-state index contributed by atoms with van der Waals surface area (Å²) in [6.45, 7) is 0. The third-order valence-electron chi connectivity index (χ3n) is 1.12. The second-order valence-corrected chi connectivity index (χ2v) is 3.99. The Balaban J connectivity index is 0. The Hall–Kier alpha value is -0.140. The average Bonchev–Trinajstić information content (AvgIpc) is 1.98. The van der Waals surface area contributed by atoms with E-state index >= 15 is 0 Å². The van der Waals surface area contributed by atoms with Crippen molar-refractivity contribution in [2.24, 2.45) is 0 Å². The number of sulfonamides is 1. The molecular formula is C4F8NNaO3S. The number of carbonyl (C=O) groups is 1. The predicted molar refractivity (Wildman–Crippen MR) is 34.3 cm³/mol. The maximum absolute atomic E-state index is 12.0. The summed E-state index contributed by atoms with van der Waals surface area (Å²) in [5.74, 6) is -10.1. The van der Waals surface area contributed by atoms with Crippen molar-refractivity contribution in [3.8, 4) is 0 Å². The standard InChI is InChI=1S/C4HF8NO3S.Na/c5-2(6,3(7,8)9)1(14)13-17(15,16)4(10,11)12;/h(H,13,14);/q;+1/p-1. The summed E-state index contributed by atoms with van der Waals surface area (Å²) < 4.78 is 114. The van der Waals surface area contributed by atoms with Gasteiger partial charge >= 0.3 is 47.2 Å². The minimum absolute atomic E-state index is 0. The van der Waals surface area contributed by atoms with Crippen LogP contribution in [0.25, 0.3) is 4.72 Å². The van der Waals surface area contributed by atoms with E-state index in [1.54, 1.807) is 0 Å². The molecule has 0 aromatic heterocycles. The van der Waals surface area contributed by atoms with Crippen LogP contribution in [0, 0.1) is 0 Å². The molecule has 0 N–H and O–H groups in total. The summed E-state index contributed by atoms with van der Waals surface area (Å²) >= 11 is 0. The van der Waals surface area contributed by atoms with Gasteiger partial charge in [0.25, 0.3) is 0 Å². The third-order valence-corrected chi connectivity index (χ3v) is 2.11. The normalized spacial score (nSPS) is 13.8. The van der Waals surface area contributed by atoms with E-state index < -0.39 is 33.5 Å². The van der Waals surface area contributed by atoms with Gasteiger partial charge < -0.3 is 9.52 Å². The van der Waals surface area contributed by atoms with Gasteiger partial charge in [-0.1, -0.05) is 0 Å². The fourth-order valence-corrected chi connectivity index (χ4v) is 0.776. The second kappa shape index (κ2) is 5.46. The maximum atomic E-state index is 12.0. The van der Waals surface area contributed by atoms with Gasteiger partial charge in [0.1, 0.15) is 5.91 Å². The van der Waals surface area contributed by atoms with Crippen LogP contribution in [0.2, 0.25) is 0 Å². The maximum Gasteiger partial charge on any atom is 1.00 e. The molecular weight excluding hydrogens is 317 g/mol. The molecule has 0 unspecified atom stereocenters. The summed E-state index contributed by atoms with van der Waals surface area (Å²) in [5, 5.41) is 0. The van der Waals surface area contributed by atoms with Crippen molar-refractivity contribution < 1.29 is 77.9 Å². The van der Waals surface area contributed by atoms with Crippen molar-refractivity contribution in [3.63, 3.8) is 0 Å². The molecule has 0 saturated heterocycles. The number of nitrogens with zero attached hydrogens (tertiary/aromatic N) is 1. The third kappa shape index (κ3) is 4.20. The van der Waals surface area contributed by atoms with Gasteiger partial charge in [-0.15, -0.1) is 0 Å². The Morgan fingerprint density at radius 3 is 1.44 bits per heavy atom. The molecule has 0 atom stereocenters. The fourth-order valence-electron chi connectivity index (χ4n) is 0.339. The van der Waals surface area contributed by atoms with E-state index in [2.05, 4.69) is 0 Å². The smallest absolute Gasteiger partial charge is 0.533 e. The Bertz CT molecular complexity index is 411. The van der Waals surface area contributed by atoms with Gasteiger partial charge in [0.15, 0.2) is 10.0 Å². The molecule has 0 radical (unpaired) electrons. The molecule has 0 aliphatic carbocycles. The fraction of sp³-hybridized carbons (Fsp3) is 0.750. The van der Waals surface area contributed by atoms with Gasteiger partial charge in [-0.3, -0.25) is 0 Å². The topological polar surface area (TPSA) is 65.3 Å². The van der Waals surface area contributed by atoms with Gasteiger partial charge in [0.05, 0.1) is 0 Å². The second-order valence-electron chi connectivity index (χ2n) is 2.39. The number of amides is 1. The van der Waals surface area contributed by atoms with Crippen molar-refractivity contribution in [1.82, 2.24) is 0 Å². The molecule has 0 spiro atoms. The summed E-state index contributed by atoms with van der Waals surface area (Å²) in [7, 11) is -6.74. The van der Waals surface area contributed by atoms with Crippen LogP contribution in [0.15, 0.2) is 0 Å². The van der Waals surface area contributed by atoms with Gasteiger partial charge in [-0.2, -0.15) is 35.1 Å². The van der Waals surface area contributed by atoms with Gasteiger partial charge in [-0.25, -0.2) is 8.42 Å². The Kier molecular flexibility index (Phi) is 6.13.